The molecule has 3 rings (SSSR count). The van der Waals surface area contributed by atoms with Crippen LogP contribution in [-0.2, 0) is 11.8 Å². The predicted molar refractivity (Wildman–Crippen MR) is 118 cm³/mol. The molecule has 164 valence electrons. The Labute approximate surface area is 186 Å². The number of ether oxygens (including phenoxy) is 2. The van der Waals surface area contributed by atoms with Gasteiger partial charge in [0.2, 0.25) is 5.75 Å². The van der Waals surface area contributed by atoms with Crippen LogP contribution in [0.15, 0.2) is 53.5 Å². The van der Waals surface area contributed by atoms with Crippen LogP contribution in [-0.4, -0.2) is 34.2 Å². The van der Waals surface area contributed by atoms with Crippen molar-refractivity contribution in [2.45, 2.75) is 25.7 Å². The minimum atomic E-state index is -0.731. The second-order valence-corrected chi connectivity index (χ2v) is 7.17. The van der Waals surface area contributed by atoms with Crippen LogP contribution in [0.5, 0.6) is 5.75 Å². The smallest absolute Gasteiger partial charge is 0.361 e. The number of carbonyl (C=O) groups excluding carboxylic acids is 1. The number of nitriles is 1. The topological polar surface area (TPSA) is 107 Å². The highest BCUT2D eigenvalue weighted by Crippen LogP contribution is 2.38. The van der Waals surface area contributed by atoms with Gasteiger partial charge in [0.25, 0.3) is 5.56 Å². The molecule has 0 saturated carbocycles. The van der Waals surface area contributed by atoms with Crippen LogP contribution in [0.1, 0.15) is 58.8 Å². The summed E-state index contributed by atoms with van der Waals surface area (Å²) >= 11 is 0. The minimum Gasteiger partial charge on any atom is -0.489 e. The van der Waals surface area contributed by atoms with Gasteiger partial charge < -0.3 is 9.47 Å². The number of methoxy groups -OCH3 is 1. The van der Waals surface area contributed by atoms with Crippen molar-refractivity contribution in [1.82, 2.24) is 14.5 Å². The van der Waals surface area contributed by atoms with E-state index in [1.807, 2.05) is 43.3 Å². The fourth-order valence-corrected chi connectivity index (χ4v) is 3.84. The van der Waals surface area contributed by atoms with E-state index in [9.17, 15) is 14.9 Å². The molecule has 0 bridgehead atoms. The lowest BCUT2D eigenvalue weighted by Gasteiger charge is -2.27. The minimum absolute atomic E-state index is 0.137. The Kier molecular flexibility index (Phi) is 7.00. The molecular formula is C24H24N4O4. The zero-order valence-corrected chi connectivity index (χ0v) is 18.4. The number of esters is 1. The largest absolute Gasteiger partial charge is 0.489 e. The van der Waals surface area contributed by atoms with E-state index >= 15 is 0 Å². The van der Waals surface area contributed by atoms with Gasteiger partial charge in [-0.1, -0.05) is 43.3 Å². The number of aromatic nitrogens is 3. The Morgan fingerprint density at radius 3 is 2.56 bits per heavy atom. The van der Waals surface area contributed by atoms with Gasteiger partial charge in [0, 0.05) is 25.1 Å². The van der Waals surface area contributed by atoms with Gasteiger partial charge in [0.05, 0.1) is 13.7 Å². The third kappa shape index (κ3) is 4.23. The number of hydrogen-bond donors (Lipinski definition) is 0. The van der Waals surface area contributed by atoms with E-state index in [-0.39, 0.29) is 29.7 Å². The zero-order chi connectivity index (χ0) is 23.3. The summed E-state index contributed by atoms with van der Waals surface area (Å²) in [6.45, 7) is 3.71. The second kappa shape index (κ2) is 9.88. The van der Waals surface area contributed by atoms with Crippen molar-refractivity contribution in [2.75, 3.05) is 13.7 Å². The van der Waals surface area contributed by atoms with Crippen molar-refractivity contribution < 1.29 is 14.3 Å². The molecule has 0 aliphatic rings. The average Bonchev–Trinajstić information content (AvgIpc) is 2.81. The van der Waals surface area contributed by atoms with Crippen molar-refractivity contribution in [3.8, 4) is 11.8 Å². The van der Waals surface area contributed by atoms with Gasteiger partial charge in [-0.15, -0.1) is 0 Å². The Morgan fingerprint density at radius 2 is 1.94 bits per heavy atom. The molecule has 0 aliphatic carbocycles. The van der Waals surface area contributed by atoms with Crippen molar-refractivity contribution >= 4 is 5.97 Å². The molecule has 0 saturated heterocycles. The molecule has 2 unspecified atom stereocenters. The summed E-state index contributed by atoms with van der Waals surface area (Å²) in [5.74, 6) is -1.28. The normalized spacial score (nSPS) is 12.5. The predicted octanol–water partition coefficient (Wildman–Crippen LogP) is 3.17. The van der Waals surface area contributed by atoms with Crippen LogP contribution in [0, 0.1) is 11.3 Å². The van der Waals surface area contributed by atoms with Crippen LogP contribution >= 0.6 is 0 Å². The van der Waals surface area contributed by atoms with Gasteiger partial charge in [-0.05, 0) is 24.1 Å². The maximum Gasteiger partial charge on any atom is 0.361 e. The molecule has 0 N–H and O–H groups in total. The highest BCUT2D eigenvalue weighted by molar-refractivity contribution is 5.90. The quantitative estimate of drug-likeness (QED) is 0.528. The first-order chi connectivity index (χ1) is 15.4. The first-order valence-electron chi connectivity index (χ1n) is 10.2. The third-order valence-corrected chi connectivity index (χ3v) is 5.30. The van der Waals surface area contributed by atoms with E-state index in [4.69, 9.17) is 9.47 Å². The molecule has 8 nitrogen and oxygen atoms in total. The summed E-state index contributed by atoms with van der Waals surface area (Å²) in [7, 11) is 2.89. The fourth-order valence-electron chi connectivity index (χ4n) is 3.84. The summed E-state index contributed by atoms with van der Waals surface area (Å²) in [5, 5.41) is 9.65. The lowest BCUT2D eigenvalue weighted by atomic mass is 9.80. The van der Waals surface area contributed by atoms with Crippen molar-refractivity contribution in [2.24, 2.45) is 7.05 Å². The number of nitrogens with zero attached hydrogens (tertiary/aromatic N) is 4. The number of hydrogen-bond acceptors (Lipinski definition) is 7. The molecule has 2 atom stereocenters. The molecule has 32 heavy (non-hydrogen) atoms. The second-order valence-electron chi connectivity index (χ2n) is 7.17. The van der Waals surface area contributed by atoms with Crippen LogP contribution in [0.3, 0.4) is 0 Å². The Balaban J connectivity index is 2.25. The number of rotatable bonds is 7. The van der Waals surface area contributed by atoms with Crippen LogP contribution in [0.25, 0.3) is 0 Å². The summed E-state index contributed by atoms with van der Waals surface area (Å²) in [6.07, 6.45) is 1.56. The molecule has 3 aromatic rings. The number of carbonyl (C=O) groups is 1. The Hall–Kier alpha value is -3.99. The van der Waals surface area contributed by atoms with E-state index in [0.717, 1.165) is 5.56 Å². The maximum absolute atomic E-state index is 13.0. The van der Waals surface area contributed by atoms with Gasteiger partial charge in [-0.2, -0.15) is 5.26 Å². The summed E-state index contributed by atoms with van der Waals surface area (Å²) in [4.78, 5) is 34.2. The summed E-state index contributed by atoms with van der Waals surface area (Å²) < 4.78 is 11.6. The highest BCUT2D eigenvalue weighted by atomic mass is 16.5. The van der Waals surface area contributed by atoms with E-state index < -0.39 is 17.4 Å². The summed E-state index contributed by atoms with van der Waals surface area (Å²) in [5.41, 5.74) is 1.25. The monoisotopic (exact) mass is 432 g/mol. The van der Waals surface area contributed by atoms with Gasteiger partial charge >= 0.3 is 5.97 Å². The van der Waals surface area contributed by atoms with Crippen molar-refractivity contribution in [3.63, 3.8) is 0 Å². The van der Waals surface area contributed by atoms with Gasteiger partial charge in [0.15, 0.2) is 5.69 Å². The van der Waals surface area contributed by atoms with E-state index in [0.29, 0.717) is 11.4 Å². The molecular weight excluding hydrogens is 408 g/mol. The number of pyridine rings is 1. The molecule has 0 aliphatic heterocycles. The lowest BCUT2D eigenvalue weighted by Crippen LogP contribution is -2.30. The Morgan fingerprint density at radius 1 is 1.22 bits per heavy atom. The SMILES string of the molecule is CCOC(=O)c1nc(C(C)C(c2ccccc2)c2cccnc2C#N)n(C)c(=O)c1OC. The Bertz CT molecular complexity index is 1210. The molecule has 0 fully saturated rings. The van der Waals surface area contributed by atoms with E-state index in [1.165, 1.54) is 11.7 Å². The van der Waals surface area contributed by atoms with Crippen molar-refractivity contribution in [1.29, 1.82) is 5.26 Å². The standard InChI is InChI=1S/C24H24N4O4/c1-5-32-24(30)20-21(31-4)23(29)28(3)22(27-20)15(2)19(16-10-7-6-8-11-16)17-12-9-13-26-18(17)14-25/h6-13,15,19H,5H2,1-4H3. The van der Waals surface area contributed by atoms with Gasteiger partial charge in [-0.25, -0.2) is 14.8 Å². The van der Waals surface area contributed by atoms with E-state index in [1.54, 1.807) is 26.2 Å². The third-order valence-electron chi connectivity index (χ3n) is 5.30. The van der Waals surface area contributed by atoms with Gasteiger partial charge in [0.1, 0.15) is 17.6 Å². The molecule has 8 heteroatoms. The zero-order valence-electron chi connectivity index (χ0n) is 18.4. The van der Waals surface area contributed by atoms with Crippen LogP contribution in [0.2, 0.25) is 0 Å². The highest BCUT2D eigenvalue weighted by Gasteiger charge is 2.31. The fraction of sp³-hybridized carbons (Fsp3) is 0.292. The molecule has 2 aromatic heterocycles. The van der Waals surface area contributed by atoms with Crippen LogP contribution in [0.4, 0.5) is 0 Å². The molecule has 0 radical (unpaired) electrons. The molecule has 0 spiro atoms. The maximum atomic E-state index is 13.0. The molecule has 1 aromatic carbocycles. The molecule has 2 heterocycles. The van der Waals surface area contributed by atoms with E-state index in [2.05, 4.69) is 16.0 Å². The summed E-state index contributed by atoms with van der Waals surface area (Å²) in [6, 6.07) is 15.4. The first kappa shape index (κ1) is 22.7. The first-order valence-corrected chi connectivity index (χ1v) is 10.2. The lowest BCUT2D eigenvalue weighted by molar-refractivity contribution is 0.0514. The van der Waals surface area contributed by atoms with Crippen molar-refractivity contribution in [3.05, 3.63) is 87.4 Å². The van der Waals surface area contributed by atoms with Gasteiger partial charge in [-0.3, -0.25) is 9.36 Å². The van der Waals surface area contributed by atoms with Crippen LogP contribution < -0.4 is 10.3 Å². The average molecular weight is 432 g/mol. The molecule has 0 amide bonds. The number of benzene rings is 1.